The lowest BCUT2D eigenvalue weighted by molar-refractivity contribution is -0.132. The van der Waals surface area contributed by atoms with E-state index in [1.807, 2.05) is 13.8 Å². The number of rotatable bonds is 8. The number of hydrogen-bond donors (Lipinski definition) is 1. The fourth-order valence-electron chi connectivity index (χ4n) is 3.08. The molecule has 1 aromatic carbocycles. The maximum atomic E-state index is 12.5. The topological polar surface area (TPSA) is 75.7 Å². The van der Waals surface area contributed by atoms with Crippen LogP contribution < -0.4 is 9.46 Å². The second-order valence-corrected chi connectivity index (χ2v) is 8.52. The van der Waals surface area contributed by atoms with Crippen molar-refractivity contribution in [2.75, 3.05) is 19.7 Å². The number of halogens is 1. The van der Waals surface area contributed by atoms with E-state index < -0.39 is 10.0 Å². The number of likely N-dealkylation sites (N-methyl/N-ethyl adjacent to an activating group) is 1. The maximum absolute atomic E-state index is 12.5. The molecule has 26 heavy (non-hydrogen) atoms. The van der Waals surface area contributed by atoms with Crippen molar-refractivity contribution in [2.24, 2.45) is 0 Å². The Balaban J connectivity index is 2.02. The summed E-state index contributed by atoms with van der Waals surface area (Å²) in [6.45, 7) is 4.88. The average Bonchev–Trinajstić information content (AvgIpc) is 2.62. The fraction of sp³-hybridized carbons (Fsp3) is 0.611. The third-order valence-electron chi connectivity index (χ3n) is 4.61. The first kappa shape index (κ1) is 21.0. The summed E-state index contributed by atoms with van der Waals surface area (Å²) in [6.07, 6.45) is 4.97. The zero-order valence-corrected chi connectivity index (χ0v) is 16.9. The minimum atomic E-state index is -3.62. The van der Waals surface area contributed by atoms with Crippen LogP contribution in [0.5, 0.6) is 5.75 Å². The van der Waals surface area contributed by atoms with Gasteiger partial charge in [-0.15, -0.1) is 0 Å². The van der Waals surface area contributed by atoms with Crippen molar-refractivity contribution < 1.29 is 17.9 Å². The molecule has 1 aliphatic carbocycles. The summed E-state index contributed by atoms with van der Waals surface area (Å²) in [7, 11) is -3.62. The van der Waals surface area contributed by atoms with Crippen LogP contribution in [-0.4, -0.2) is 45.0 Å². The standard InChI is InChI=1S/C18H27ClN2O4S/c1-3-21(4-2)18(22)13-25-17-11-10-15(12-16(17)19)26(23,24)20-14-8-6-5-7-9-14/h10-12,14,20H,3-9,13H2,1-2H3. The summed E-state index contributed by atoms with van der Waals surface area (Å²) in [6, 6.07) is 4.29. The summed E-state index contributed by atoms with van der Waals surface area (Å²) >= 11 is 6.17. The van der Waals surface area contributed by atoms with Crippen LogP contribution >= 0.6 is 11.6 Å². The summed E-state index contributed by atoms with van der Waals surface area (Å²) in [5.41, 5.74) is 0. The summed E-state index contributed by atoms with van der Waals surface area (Å²) in [5.74, 6) is 0.158. The number of ether oxygens (including phenoxy) is 1. The van der Waals surface area contributed by atoms with Gasteiger partial charge in [0.15, 0.2) is 6.61 Å². The Kier molecular flexibility index (Phi) is 7.73. The second kappa shape index (κ2) is 9.58. The van der Waals surface area contributed by atoms with Crippen LogP contribution in [0.1, 0.15) is 46.0 Å². The van der Waals surface area contributed by atoms with Gasteiger partial charge >= 0.3 is 0 Å². The number of carbonyl (C=O) groups excluding carboxylic acids is 1. The molecule has 1 aliphatic rings. The van der Waals surface area contributed by atoms with E-state index in [0.29, 0.717) is 18.8 Å². The van der Waals surface area contributed by atoms with E-state index in [1.165, 1.54) is 18.2 Å². The smallest absolute Gasteiger partial charge is 0.260 e. The minimum absolute atomic E-state index is 0.0184. The first-order valence-corrected chi connectivity index (χ1v) is 11.0. The van der Waals surface area contributed by atoms with Crippen molar-refractivity contribution in [3.05, 3.63) is 23.2 Å². The molecule has 0 spiro atoms. The van der Waals surface area contributed by atoms with Crippen molar-refractivity contribution >= 4 is 27.5 Å². The van der Waals surface area contributed by atoms with Crippen LogP contribution in [-0.2, 0) is 14.8 Å². The van der Waals surface area contributed by atoms with Crippen LogP contribution in [0.15, 0.2) is 23.1 Å². The lowest BCUT2D eigenvalue weighted by Crippen LogP contribution is -2.36. The SMILES string of the molecule is CCN(CC)C(=O)COc1ccc(S(=O)(=O)NC2CCCCC2)cc1Cl. The molecule has 1 aromatic rings. The van der Waals surface area contributed by atoms with Gasteiger partial charge < -0.3 is 9.64 Å². The zero-order valence-electron chi connectivity index (χ0n) is 15.3. The molecule has 6 nitrogen and oxygen atoms in total. The Hall–Kier alpha value is -1.31. The highest BCUT2D eigenvalue weighted by molar-refractivity contribution is 7.89. The summed E-state index contributed by atoms with van der Waals surface area (Å²) in [5, 5.41) is 0.170. The molecule has 0 atom stereocenters. The first-order valence-electron chi connectivity index (χ1n) is 9.09. The molecule has 0 heterocycles. The van der Waals surface area contributed by atoms with E-state index in [4.69, 9.17) is 16.3 Å². The van der Waals surface area contributed by atoms with Crippen LogP contribution in [0.25, 0.3) is 0 Å². The van der Waals surface area contributed by atoms with Crippen molar-refractivity contribution in [1.82, 2.24) is 9.62 Å². The quantitative estimate of drug-likeness (QED) is 0.724. The molecule has 1 amide bonds. The lowest BCUT2D eigenvalue weighted by atomic mass is 9.96. The molecule has 1 saturated carbocycles. The number of carbonyl (C=O) groups is 1. The Bertz CT molecular complexity index is 714. The molecular weight excluding hydrogens is 376 g/mol. The van der Waals surface area contributed by atoms with E-state index in [1.54, 1.807) is 4.90 Å². The van der Waals surface area contributed by atoms with Gasteiger partial charge in [-0.25, -0.2) is 13.1 Å². The predicted octanol–water partition coefficient (Wildman–Crippen LogP) is 3.20. The molecule has 146 valence electrons. The van der Waals surface area contributed by atoms with Crippen LogP contribution in [0.2, 0.25) is 5.02 Å². The number of sulfonamides is 1. The van der Waals surface area contributed by atoms with E-state index in [0.717, 1.165) is 32.1 Å². The Morgan fingerprint density at radius 1 is 1.23 bits per heavy atom. The molecule has 0 unspecified atom stereocenters. The van der Waals surface area contributed by atoms with Crippen LogP contribution in [0, 0.1) is 0 Å². The van der Waals surface area contributed by atoms with E-state index in [-0.39, 0.29) is 28.5 Å². The number of benzene rings is 1. The van der Waals surface area contributed by atoms with E-state index >= 15 is 0 Å². The van der Waals surface area contributed by atoms with Gasteiger partial charge in [-0.05, 0) is 44.9 Å². The van der Waals surface area contributed by atoms with Crippen molar-refractivity contribution in [2.45, 2.75) is 56.9 Å². The monoisotopic (exact) mass is 402 g/mol. The highest BCUT2D eigenvalue weighted by atomic mass is 35.5. The van der Waals surface area contributed by atoms with Gasteiger partial charge in [0.1, 0.15) is 5.75 Å². The molecule has 0 bridgehead atoms. The third kappa shape index (κ3) is 5.59. The van der Waals surface area contributed by atoms with E-state index in [2.05, 4.69) is 4.72 Å². The van der Waals surface area contributed by atoms with Crippen molar-refractivity contribution in [3.8, 4) is 5.75 Å². The molecule has 0 radical (unpaired) electrons. The van der Waals surface area contributed by atoms with Gasteiger partial charge in [-0.3, -0.25) is 4.79 Å². The number of nitrogens with zero attached hydrogens (tertiary/aromatic N) is 1. The van der Waals surface area contributed by atoms with Crippen LogP contribution in [0.3, 0.4) is 0 Å². The highest BCUT2D eigenvalue weighted by Gasteiger charge is 2.23. The molecule has 0 aliphatic heterocycles. The average molecular weight is 403 g/mol. The predicted molar refractivity (Wildman–Crippen MR) is 102 cm³/mol. The molecule has 0 aromatic heterocycles. The minimum Gasteiger partial charge on any atom is -0.482 e. The van der Waals surface area contributed by atoms with E-state index in [9.17, 15) is 13.2 Å². The molecule has 2 rings (SSSR count). The summed E-state index contributed by atoms with van der Waals surface area (Å²) in [4.78, 5) is 13.8. The molecule has 1 fully saturated rings. The first-order chi connectivity index (χ1) is 12.4. The van der Waals surface area contributed by atoms with Crippen LogP contribution in [0.4, 0.5) is 0 Å². The Morgan fingerprint density at radius 3 is 2.46 bits per heavy atom. The van der Waals surface area contributed by atoms with Gasteiger partial charge in [-0.1, -0.05) is 30.9 Å². The zero-order chi connectivity index (χ0) is 19.2. The van der Waals surface area contributed by atoms with Gasteiger partial charge in [0.05, 0.1) is 9.92 Å². The normalized spacial score (nSPS) is 15.7. The number of hydrogen-bond acceptors (Lipinski definition) is 4. The largest absolute Gasteiger partial charge is 0.482 e. The van der Waals surface area contributed by atoms with Gasteiger partial charge in [0.2, 0.25) is 10.0 Å². The summed E-state index contributed by atoms with van der Waals surface area (Å²) < 4.78 is 33.3. The lowest BCUT2D eigenvalue weighted by Gasteiger charge is -2.22. The number of nitrogens with one attached hydrogen (secondary N) is 1. The van der Waals surface area contributed by atoms with Crippen molar-refractivity contribution in [1.29, 1.82) is 0 Å². The third-order valence-corrected chi connectivity index (χ3v) is 6.42. The van der Waals surface area contributed by atoms with Gasteiger partial charge in [0, 0.05) is 19.1 Å². The maximum Gasteiger partial charge on any atom is 0.260 e. The second-order valence-electron chi connectivity index (χ2n) is 6.40. The van der Waals surface area contributed by atoms with Crippen molar-refractivity contribution in [3.63, 3.8) is 0 Å². The number of amides is 1. The highest BCUT2D eigenvalue weighted by Crippen LogP contribution is 2.28. The van der Waals surface area contributed by atoms with Gasteiger partial charge in [-0.2, -0.15) is 0 Å². The Morgan fingerprint density at radius 2 is 1.88 bits per heavy atom. The molecule has 0 saturated heterocycles. The van der Waals surface area contributed by atoms with Gasteiger partial charge in [0.25, 0.3) is 5.91 Å². The molecular formula is C18H27ClN2O4S. The fourth-order valence-corrected chi connectivity index (χ4v) is 4.71. The molecule has 1 N–H and O–H groups in total. The molecule has 8 heteroatoms. The Labute approximate surface area is 160 Å².